The largest absolute Gasteiger partial charge is 0.351 e. The second kappa shape index (κ2) is 8.26. The Kier molecular flexibility index (Phi) is 5.55. The molecule has 4 rings (SSSR count). The molecule has 1 aliphatic rings. The van der Waals surface area contributed by atoms with Gasteiger partial charge in [0, 0.05) is 30.9 Å². The summed E-state index contributed by atoms with van der Waals surface area (Å²) in [6.45, 7) is 0.712. The van der Waals surface area contributed by atoms with Crippen LogP contribution in [-0.2, 0) is 10.0 Å². The first-order valence-corrected chi connectivity index (χ1v) is 10.9. The third-order valence-electron chi connectivity index (χ3n) is 4.95. The minimum Gasteiger partial charge on any atom is -0.351 e. The number of anilines is 1. The molecular weight excluding hydrogens is 391 g/mol. The third-order valence-corrected chi connectivity index (χ3v) is 6.84. The van der Waals surface area contributed by atoms with Crippen molar-refractivity contribution in [2.24, 2.45) is 0 Å². The predicted octanol–water partition coefficient (Wildman–Crippen LogP) is 3.55. The Hall–Kier alpha value is -2.84. The van der Waals surface area contributed by atoms with Crippen LogP contribution in [0.1, 0.15) is 12.8 Å². The second-order valence-corrected chi connectivity index (χ2v) is 8.85. The summed E-state index contributed by atoms with van der Waals surface area (Å²) in [6, 6.07) is 16.9. The number of rotatable bonds is 5. The molecule has 1 N–H and O–H groups in total. The molecule has 1 saturated heterocycles. The van der Waals surface area contributed by atoms with E-state index in [1.807, 2.05) is 36.4 Å². The van der Waals surface area contributed by atoms with Crippen LogP contribution in [0.3, 0.4) is 0 Å². The Morgan fingerprint density at radius 3 is 2.48 bits per heavy atom. The van der Waals surface area contributed by atoms with E-state index in [2.05, 4.69) is 15.3 Å². The third kappa shape index (κ3) is 4.44. The van der Waals surface area contributed by atoms with E-state index in [1.54, 1.807) is 6.20 Å². The fourth-order valence-corrected chi connectivity index (χ4v) is 4.90. The predicted molar refractivity (Wildman–Crippen MR) is 109 cm³/mol. The molecule has 150 valence electrons. The normalized spacial score (nSPS) is 15.9. The molecule has 6 nitrogen and oxygen atoms in total. The molecule has 0 aliphatic carbocycles. The zero-order chi connectivity index (χ0) is 20.3. The molecule has 0 amide bonds. The molecule has 0 spiro atoms. The summed E-state index contributed by atoms with van der Waals surface area (Å²) in [5, 5.41) is 3.31. The smallest absolute Gasteiger partial charge is 0.243 e. The molecular formula is C21H21FN4O2S. The van der Waals surface area contributed by atoms with E-state index in [0.717, 1.165) is 17.3 Å². The summed E-state index contributed by atoms with van der Waals surface area (Å²) >= 11 is 0. The molecule has 0 unspecified atom stereocenters. The fourth-order valence-electron chi connectivity index (χ4n) is 3.40. The fraction of sp³-hybridized carbons (Fsp3) is 0.238. The highest BCUT2D eigenvalue weighted by atomic mass is 32.2. The van der Waals surface area contributed by atoms with Gasteiger partial charge in [0.25, 0.3) is 0 Å². The maximum atomic E-state index is 13.4. The van der Waals surface area contributed by atoms with Gasteiger partial charge in [0.1, 0.15) is 5.82 Å². The average Bonchev–Trinajstić information content (AvgIpc) is 2.75. The first-order valence-electron chi connectivity index (χ1n) is 9.43. The van der Waals surface area contributed by atoms with E-state index in [1.165, 1.54) is 22.5 Å². The van der Waals surface area contributed by atoms with Gasteiger partial charge in [0.05, 0.1) is 10.6 Å². The standard InChI is InChI=1S/C21H21FN4O2S/c22-17-7-4-8-19(15-17)29(27,28)26-13-10-18(11-14-26)24-21-23-12-9-20(25-21)16-5-2-1-3-6-16/h1-9,12,15,18H,10-11,13-14H2,(H,23,24,25). The Labute approximate surface area is 169 Å². The van der Waals surface area contributed by atoms with E-state index in [-0.39, 0.29) is 10.9 Å². The highest BCUT2D eigenvalue weighted by Gasteiger charge is 2.29. The Balaban J connectivity index is 1.41. The van der Waals surface area contributed by atoms with Crippen molar-refractivity contribution in [3.05, 3.63) is 72.7 Å². The van der Waals surface area contributed by atoms with Crippen LogP contribution < -0.4 is 5.32 Å². The van der Waals surface area contributed by atoms with Crippen LogP contribution >= 0.6 is 0 Å². The van der Waals surface area contributed by atoms with E-state index >= 15 is 0 Å². The topological polar surface area (TPSA) is 75.2 Å². The van der Waals surface area contributed by atoms with Crippen molar-refractivity contribution < 1.29 is 12.8 Å². The van der Waals surface area contributed by atoms with Crippen LogP contribution in [-0.4, -0.2) is 41.8 Å². The molecule has 2 heterocycles. The average molecular weight is 412 g/mol. The van der Waals surface area contributed by atoms with Gasteiger partial charge in [-0.05, 0) is 37.1 Å². The van der Waals surface area contributed by atoms with Gasteiger partial charge in [-0.25, -0.2) is 22.8 Å². The molecule has 0 bridgehead atoms. The molecule has 0 saturated carbocycles. The Morgan fingerprint density at radius 1 is 1.00 bits per heavy atom. The lowest BCUT2D eigenvalue weighted by Gasteiger charge is -2.31. The zero-order valence-corrected chi connectivity index (χ0v) is 16.5. The maximum absolute atomic E-state index is 13.4. The van der Waals surface area contributed by atoms with Crippen LogP contribution in [0.25, 0.3) is 11.3 Å². The van der Waals surface area contributed by atoms with Gasteiger partial charge in [-0.2, -0.15) is 4.31 Å². The lowest BCUT2D eigenvalue weighted by Crippen LogP contribution is -2.42. The van der Waals surface area contributed by atoms with E-state index in [0.29, 0.717) is 31.9 Å². The van der Waals surface area contributed by atoms with Gasteiger partial charge in [-0.3, -0.25) is 0 Å². The minimum absolute atomic E-state index is 0.0113. The van der Waals surface area contributed by atoms with Crippen molar-refractivity contribution in [2.45, 2.75) is 23.8 Å². The van der Waals surface area contributed by atoms with Crippen LogP contribution in [0.2, 0.25) is 0 Å². The number of sulfonamides is 1. The van der Waals surface area contributed by atoms with Gasteiger partial charge in [-0.15, -0.1) is 0 Å². The lowest BCUT2D eigenvalue weighted by atomic mass is 10.1. The van der Waals surface area contributed by atoms with Gasteiger partial charge in [0.15, 0.2) is 0 Å². The summed E-state index contributed by atoms with van der Waals surface area (Å²) in [7, 11) is -3.69. The highest BCUT2D eigenvalue weighted by molar-refractivity contribution is 7.89. The highest BCUT2D eigenvalue weighted by Crippen LogP contribution is 2.23. The molecule has 1 aliphatic heterocycles. The number of piperidine rings is 1. The molecule has 2 aromatic carbocycles. The summed E-state index contributed by atoms with van der Waals surface area (Å²) < 4.78 is 40.3. The van der Waals surface area contributed by atoms with Crippen LogP contribution in [0, 0.1) is 5.82 Å². The van der Waals surface area contributed by atoms with Crippen molar-refractivity contribution >= 4 is 16.0 Å². The van der Waals surface area contributed by atoms with E-state index in [4.69, 9.17) is 0 Å². The SMILES string of the molecule is O=S(=O)(c1cccc(F)c1)N1CCC(Nc2nccc(-c3ccccc3)n2)CC1. The first kappa shape index (κ1) is 19.5. The van der Waals surface area contributed by atoms with Gasteiger partial charge < -0.3 is 5.32 Å². The van der Waals surface area contributed by atoms with Crippen molar-refractivity contribution in [3.63, 3.8) is 0 Å². The number of aromatic nitrogens is 2. The van der Waals surface area contributed by atoms with Crippen LogP contribution in [0.15, 0.2) is 71.8 Å². The summed E-state index contributed by atoms with van der Waals surface area (Å²) in [6.07, 6.45) is 2.95. The summed E-state index contributed by atoms with van der Waals surface area (Å²) in [5.74, 6) is -0.0316. The molecule has 0 radical (unpaired) electrons. The molecule has 3 aromatic rings. The molecule has 1 aromatic heterocycles. The molecule has 29 heavy (non-hydrogen) atoms. The van der Waals surface area contributed by atoms with Gasteiger partial charge >= 0.3 is 0 Å². The van der Waals surface area contributed by atoms with E-state index in [9.17, 15) is 12.8 Å². The Bertz CT molecular complexity index is 1080. The lowest BCUT2D eigenvalue weighted by molar-refractivity contribution is 0.329. The van der Waals surface area contributed by atoms with Crippen LogP contribution in [0.5, 0.6) is 0 Å². The number of nitrogens with one attached hydrogen (secondary N) is 1. The zero-order valence-electron chi connectivity index (χ0n) is 15.7. The van der Waals surface area contributed by atoms with E-state index < -0.39 is 15.8 Å². The number of nitrogens with zero attached hydrogens (tertiary/aromatic N) is 3. The number of hydrogen-bond acceptors (Lipinski definition) is 5. The van der Waals surface area contributed by atoms with Crippen molar-refractivity contribution in [1.29, 1.82) is 0 Å². The van der Waals surface area contributed by atoms with Gasteiger partial charge in [-0.1, -0.05) is 36.4 Å². The van der Waals surface area contributed by atoms with Crippen molar-refractivity contribution in [3.8, 4) is 11.3 Å². The number of benzene rings is 2. The van der Waals surface area contributed by atoms with Crippen molar-refractivity contribution in [1.82, 2.24) is 14.3 Å². The monoisotopic (exact) mass is 412 g/mol. The Morgan fingerprint density at radius 2 is 1.76 bits per heavy atom. The maximum Gasteiger partial charge on any atom is 0.243 e. The summed E-state index contributed by atoms with van der Waals surface area (Å²) in [4.78, 5) is 8.84. The minimum atomic E-state index is -3.69. The molecule has 1 fully saturated rings. The first-order chi connectivity index (χ1) is 14.0. The molecule has 0 atom stereocenters. The van der Waals surface area contributed by atoms with Crippen LogP contribution in [0.4, 0.5) is 10.3 Å². The second-order valence-electron chi connectivity index (χ2n) is 6.91. The summed E-state index contributed by atoms with van der Waals surface area (Å²) in [5.41, 5.74) is 1.84. The number of hydrogen-bond donors (Lipinski definition) is 1. The quantitative estimate of drug-likeness (QED) is 0.694. The molecule has 8 heteroatoms. The van der Waals surface area contributed by atoms with Gasteiger partial charge in [0.2, 0.25) is 16.0 Å². The number of halogens is 1. The van der Waals surface area contributed by atoms with Crippen molar-refractivity contribution in [2.75, 3.05) is 18.4 Å².